The minimum atomic E-state index is -6.09. The zero-order valence-corrected chi connectivity index (χ0v) is 19.8. The second kappa shape index (κ2) is 10.2. The normalized spacial score (nSPS) is 21.7. The van der Waals surface area contributed by atoms with Crippen molar-refractivity contribution in [2.24, 2.45) is 0 Å². The molecule has 0 spiro atoms. The fourth-order valence-corrected chi connectivity index (χ4v) is 10.2. The standard InChI is InChI=1S/C12H16S3.2CHF3O3S/c1-9-3-4-11(13-9)12-10(2)14-5-7-15(12)8-6-14;2*2-1(3,4)8(5,6)7/h3-4H,5-8H2,1-2H3;2*(H,5,6,7)/q+2;;/p-2. The molecule has 0 unspecified atom stereocenters. The molecule has 1 aromatic rings. The summed E-state index contributed by atoms with van der Waals surface area (Å²) in [6, 6.07) is 4.62. The van der Waals surface area contributed by atoms with Crippen molar-refractivity contribution >= 4 is 58.3 Å². The third-order valence-corrected chi connectivity index (χ3v) is 11.6. The van der Waals surface area contributed by atoms with E-state index in [2.05, 4.69) is 26.0 Å². The molecule has 3 aliphatic rings. The highest BCUT2D eigenvalue weighted by Crippen LogP contribution is 2.41. The highest BCUT2D eigenvalue weighted by Gasteiger charge is 2.49. The fourth-order valence-electron chi connectivity index (χ4n) is 2.32. The summed E-state index contributed by atoms with van der Waals surface area (Å²) < 4.78 is 118. The molecule has 31 heavy (non-hydrogen) atoms. The first kappa shape index (κ1) is 28.6. The lowest BCUT2D eigenvalue weighted by atomic mass is 10.4. The van der Waals surface area contributed by atoms with E-state index in [9.17, 15) is 26.3 Å². The molecule has 0 radical (unpaired) electrons. The van der Waals surface area contributed by atoms with Gasteiger partial charge in [0.05, 0.1) is 4.88 Å². The van der Waals surface area contributed by atoms with Crippen LogP contribution in [0.25, 0.3) is 4.91 Å². The number of aryl methyl sites for hydroxylation is 1. The predicted octanol–water partition coefficient (Wildman–Crippen LogP) is 3.11. The number of hydrogen-bond donors (Lipinski definition) is 0. The molecule has 180 valence electrons. The Morgan fingerprint density at radius 1 is 0.806 bits per heavy atom. The number of thiophene rings is 1. The summed E-state index contributed by atoms with van der Waals surface area (Å²) in [5, 5.41) is 0. The van der Waals surface area contributed by atoms with Gasteiger partial charge in [-0.05, 0) is 19.1 Å². The highest BCUT2D eigenvalue weighted by atomic mass is 32.2. The second-order valence-corrected chi connectivity index (χ2v) is 14.6. The molecule has 0 amide bonds. The van der Waals surface area contributed by atoms with Crippen LogP contribution in [0.3, 0.4) is 0 Å². The van der Waals surface area contributed by atoms with Gasteiger partial charge in [0.1, 0.15) is 0 Å². The lowest BCUT2D eigenvalue weighted by molar-refractivity contribution is -0.0522. The quantitative estimate of drug-likeness (QED) is 0.228. The Balaban J connectivity index is 0.000000259. The number of halogens is 6. The van der Waals surface area contributed by atoms with Crippen LogP contribution >= 0.6 is 11.3 Å². The topological polar surface area (TPSA) is 114 Å². The van der Waals surface area contributed by atoms with Crippen molar-refractivity contribution in [3.05, 3.63) is 26.8 Å². The van der Waals surface area contributed by atoms with Crippen molar-refractivity contribution in [1.29, 1.82) is 0 Å². The van der Waals surface area contributed by atoms with Gasteiger partial charge in [0, 0.05) is 33.6 Å². The first-order chi connectivity index (χ1) is 13.8. The van der Waals surface area contributed by atoms with Crippen LogP contribution in [-0.4, -0.2) is 60.0 Å². The van der Waals surface area contributed by atoms with Crippen LogP contribution < -0.4 is 0 Å². The summed E-state index contributed by atoms with van der Waals surface area (Å²) >= 11 is 1.99. The number of rotatable bonds is 1. The van der Waals surface area contributed by atoms with Gasteiger partial charge >= 0.3 is 11.0 Å². The predicted molar refractivity (Wildman–Crippen MR) is 107 cm³/mol. The first-order valence-corrected chi connectivity index (χ1v) is 14.7. The average Bonchev–Trinajstić information content (AvgIpc) is 2.99. The molecule has 0 aromatic carbocycles. The van der Waals surface area contributed by atoms with Gasteiger partial charge < -0.3 is 9.11 Å². The third kappa shape index (κ3) is 8.12. The van der Waals surface area contributed by atoms with E-state index >= 15 is 0 Å². The minimum absolute atomic E-state index is 0.606. The Labute approximate surface area is 184 Å². The first-order valence-electron chi connectivity index (χ1n) is 7.92. The van der Waals surface area contributed by atoms with Crippen molar-refractivity contribution in [3.63, 3.8) is 0 Å². The molecule has 1 aromatic heterocycles. The van der Waals surface area contributed by atoms with Gasteiger partial charge in [0.25, 0.3) is 0 Å². The molecule has 2 bridgehead atoms. The van der Waals surface area contributed by atoms with Crippen LogP contribution in [0.15, 0.2) is 17.0 Å². The second-order valence-electron chi connectivity index (χ2n) is 5.90. The number of fused-ring (bicyclic) bond motifs is 2. The van der Waals surface area contributed by atoms with Crippen molar-refractivity contribution in [2.45, 2.75) is 24.9 Å². The molecule has 1 fully saturated rings. The van der Waals surface area contributed by atoms with E-state index in [1.54, 1.807) is 14.7 Å². The van der Waals surface area contributed by atoms with Crippen LogP contribution in [0.5, 0.6) is 0 Å². The van der Waals surface area contributed by atoms with Crippen LogP contribution in [0.2, 0.25) is 0 Å². The summed E-state index contributed by atoms with van der Waals surface area (Å²) in [5.74, 6) is 5.94. The Morgan fingerprint density at radius 3 is 1.42 bits per heavy atom. The summed E-state index contributed by atoms with van der Waals surface area (Å²) in [6.07, 6.45) is 0. The van der Waals surface area contributed by atoms with Crippen molar-refractivity contribution < 1.29 is 52.3 Å². The Bertz CT molecular complexity index is 959. The molecule has 1 saturated heterocycles. The number of hydrogen-bond acceptors (Lipinski definition) is 7. The van der Waals surface area contributed by atoms with Crippen LogP contribution in [0, 0.1) is 6.92 Å². The summed E-state index contributed by atoms with van der Waals surface area (Å²) in [6.45, 7) is 4.61. The van der Waals surface area contributed by atoms with Gasteiger partial charge in [0.15, 0.2) is 48.2 Å². The largest absolute Gasteiger partial charge is 0.741 e. The fraction of sp³-hybridized carbons (Fsp3) is 0.571. The molecular formula is C14H16F6O6S5. The average molecular weight is 555 g/mol. The minimum Gasteiger partial charge on any atom is -0.741 e. The van der Waals surface area contributed by atoms with Crippen LogP contribution in [-0.2, 0) is 42.0 Å². The maximum absolute atomic E-state index is 10.7. The van der Waals surface area contributed by atoms with E-state index in [0.717, 1.165) is 0 Å². The summed E-state index contributed by atoms with van der Waals surface area (Å²) in [7, 11) is -10.9. The van der Waals surface area contributed by atoms with Gasteiger partial charge in [-0.2, -0.15) is 26.3 Å². The molecule has 0 atom stereocenters. The Hall–Kier alpha value is -0.460. The monoisotopic (exact) mass is 554 g/mol. The van der Waals surface area contributed by atoms with E-state index in [1.807, 2.05) is 11.3 Å². The van der Waals surface area contributed by atoms with Gasteiger partial charge in [-0.15, -0.1) is 11.3 Å². The molecule has 4 rings (SSSR count). The summed E-state index contributed by atoms with van der Waals surface area (Å²) in [5.41, 5.74) is -11.3. The maximum atomic E-state index is 10.7. The lowest BCUT2D eigenvalue weighted by Crippen LogP contribution is -2.39. The molecule has 3 aliphatic heterocycles. The molecule has 6 nitrogen and oxygen atoms in total. The lowest BCUT2D eigenvalue weighted by Gasteiger charge is -2.23. The smallest absolute Gasteiger partial charge is 0.485 e. The zero-order chi connectivity index (χ0) is 24.4. The van der Waals surface area contributed by atoms with Gasteiger partial charge in [-0.3, -0.25) is 0 Å². The molecule has 17 heteroatoms. The zero-order valence-electron chi connectivity index (χ0n) is 15.7. The van der Waals surface area contributed by atoms with Crippen molar-refractivity contribution in [1.82, 2.24) is 0 Å². The number of allylic oxidation sites excluding steroid dienone is 1. The van der Waals surface area contributed by atoms with Crippen LogP contribution in [0.4, 0.5) is 26.3 Å². The molecule has 0 aliphatic carbocycles. The Morgan fingerprint density at radius 2 is 1.16 bits per heavy atom. The highest BCUT2D eigenvalue weighted by molar-refractivity contribution is 8.14. The third-order valence-electron chi connectivity index (χ3n) is 3.72. The van der Waals surface area contributed by atoms with Crippen LogP contribution in [0.1, 0.15) is 16.7 Å². The van der Waals surface area contributed by atoms with Gasteiger partial charge in [0.2, 0.25) is 4.91 Å². The molecule has 0 N–H and O–H groups in total. The van der Waals surface area contributed by atoms with E-state index in [0.29, 0.717) is 21.8 Å². The van der Waals surface area contributed by atoms with E-state index in [-0.39, 0.29) is 0 Å². The van der Waals surface area contributed by atoms with Crippen molar-refractivity contribution in [3.8, 4) is 0 Å². The maximum Gasteiger partial charge on any atom is 0.485 e. The van der Waals surface area contributed by atoms with Gasteiger partial charge in [-0.1, -0.05) is 0 Å². The van der Waals surface area contributed by atoms with Crippen molar-refractivity contribution in [2.75, 3.05) is 23.0 Å². The van der Waals surface area contributed by atoms with E-state index in [1.165, 1.54) is 27.9 Å². The van der Waals surface area contributed by atoms with E-state index in [4.69, 9.17) is 25.9 Å². The van der Waals surface area contributed by atoms with Gasteiger partial charge in [-0.25, -0.2) is 16.8 Å². The summed E-state index contributed by atoms with van der Waals surface area (Å²) in [4.78, 5) is 6.54. The Kier molecular flexibility index (Phi) is 9.41. The molecular weight excluding hydrogens is 538 g/mol. The number of alkyl halides is 6. The van der Waals surface area contributed by atoms with E-state index < -0.39 is 31.3 Å². The molecule has 0 saturated carbocycles. The molecule has 4 heterocycles. The SMILES string of the molecule is CC1=C(c2ccc(C)s2)[S+]2CC[S+]1CC2.O=S(=O)([O-])C(F)(F)F.O=S(=O)([O-])C(F)(F)F.